The molecule has 0 aliphatic rings. The smallest absolute Gasteiger partial charge is 0.554 e. The molecule has 74 valence electrons. The largest absolute Gasteiger partial charge is 0.612 e. The van der Waals surface area contributed by atoms with Gasteiger partial charge in [0, 0.05) is 5.57 Å². The van der Waals surface area contributed by atoms with E-state index in [1.54, 1.807) is 6.92 Å². The second kappa shape index (κ2) is 5.47. The quantitative estimate of drug-likeness (QED) is 0.513. The summed E-state index contributed by atoms with van der Waals surface area (Å²) >= 11 is -1.40. The Morgan fingerprint density at radius 3 is 1.85 bits per heavy atom. The van der Waals surface area contributed by atoms with Gasteiger partial charge in [-0.15, -0.1) is 0 Å². The summed E-state index contributed by atoms with van der Waals surface area (Å²) in [7, 11) is 0. The van der Waals surface area contributed by atoms with Crippen LogP contribution in [0.3, 0.4) is 0 Å². The van der Waals surface area contributed by atoms with E-state index in [0.29, 0.717) is 15.1 Å². The third-order valence-electron chi connectivity index (χ3n) is 1.91. The van der Waals surface area contributed by atoms with Gasteiger partial charge in [0.15, 0.2) is 0 Å². The summed E-state index contributed by atoms with van der Waals surface area (Å²) in [5.74, 6) is -0.223. The van der Waals surface area contributed by atoms with Crippen LogP contribution in [0.25, 0.3) is 0 Å². The third kappa shape index (κ3) is 4.50. The van der Waals surface area contributed by atoms with Crippen LogP contribution in [-0.4, -0.2) is 20.5 Å². The first-order valence-corrected chi connectivity index (χ1v) is 6.53. The molecule has 0 saturated carbocycles. The summed E-state index contributed by atoms with van der Waals surface area (Å²) in [5.41, 5.74) is 0.499. The molecule has 0 radical (unpaired) electrons. The van der Waals surface area contributed by atoms with Crippen LogP contribution in [0.5, 0.6) is 0 Å². The molecule has 0 saturated heterocycles. The average molecular weight is 198 g/mol. The normalized spacial score (nSPS) is 10.4. The molecule has 0 aliphatic carbocycles. The molecular weight excluding hydrogens is 179 g/mol. The van der Waals surface area contributed by atoms with Crippen LogP contribution >= 0.6 is 0 Å². The van der Waals surface area contributed by atoms with Crippen LogP contribution in [0, 0.1) is 0 Å². The fourth-order valence-corrected chi connectivity index (χ4v) is 3.80. The zero-order valence-electron chi connectivity index (χ0n) is 9.26. The standard InChI is InChI=1S/C4H6O2.2C3H7.Al/c1-3(2)4(5)6;2*1-3-2;/h1H2,2H3,(H,5,6);2*3H,1-2H3;/q;;;+1/p-1. The SMILES string of the molecule is C=C(C)C(=O)[O][Al]([CH](C)C)[CH](C)C. The molecule has 0 heterocycles. The minimum absolute atomic E-state index is 0.223. The number of rotatable bonds is 4. The Morgan fingerprint density at radius 1 is 1.23 bits per heavy atom. The summed E-state index contributed by atoms with van der Waals surface area (Å²) in [5, 5.41) is 0. The number of carbonyl (C=O) groups excluding carboxylic acids is 1. The molecule has 0 unspecified atom stereocenters. The second-order valence-corrected chi connectivity index (χ2v) is 7.97. The highest BCUT2D eigenvalue weighted by Gasteiger charge is 2.33. The highest BCUT2D eigenvalue weighted by atomic mass is 27.2. The lowest BCUT2D eigenvalue weighted by Gasteiger charge is -2.19. The zero-order chi connectivity index (χ0) is 10.6. The monoisotopic (exact) mass is 198 g/mol. The maximum atomic E-state index is 11.3. The van der Waals surface area contributed by atoms with E-state index in [-0.39, 0.29) is 5.97 Å². The first kappa shape index (κ1) is 12.7. The molecular formula is C10H19AlO2. The van der Waals surface area contributed by atoms with Crippen molar-refractivity contribution in [3.63, 3.8) is 0 Å². The van der Waals surface area contributed by atoms with Crippen molar-refractivity contribution in [3.8, 4) is 0 Å². The van der Waals surface area contributed by atoms with Gasteiger partial charge in [-0.1, -0.05) is 34.3 Å². The first-order valence-electron chi connectivity index (χ1n) is 4.72. The lowest BCUT2D eigenvalue weighted by atomic mass is 10.4. The molecule has 0 aliphatic heterocycles. The van der Waals surface area contributed by atoms with E-state index in [0.717, 1.165) is 0 Å². The van der Waals surface area contributed by atoms with Gasteiger partial charge in [0.2, 0.25) is 0 Å². The average Bonchev–Trinajstić information content (AvgIpc) is 1.97. The molecule has 2 nitrogen and oxygen atoms in total. The lowest BCUT2D eigenvalue weighted by molar-refractivity contribution is -0.130. The van der Waals surface area contributed by atoms with Crippen molar-refractivity contribution in [2.24, 2.45) is 0 Å². The van der Waals surface area contributed by atoms with Crippen molar-refractivity contribution in [2.75, 3.05) is 0 Å². The number of hydrogen-bond donors (Lipinski definition) is 0. The van der Waals surface area contributed by atoms with Gasteiger partial charge < -0.3 is 3.79 Å². The maximum absolute atomic E-state index is 11.3. The van der Waals surface area contributed by atoms with Crippen LogP contribution in [0.4, 0.5) is 0 Å². The van der Waals surface area contributed by atoms with Crippen LogP contribution in [0.2, 0.25) is 9.56 Å². The van der Waals surface area contributed by atoms with Gasteiger partial charge in [0.1, 0.15) is 0 Å². The van der Waals surface area contributed by atoms with Crippen molar-refractivity contribution in [3.05, 3.63) is 12.2 Å². The Labute approximate surface area is 85.7 Å². The highest BCUT2D eigenvalue weighted by molar-refractivity contribution is 6.57. The molecule has 0 aromatic rings. The van der Waals surface area contributed by atoms with Crippen LogP contribution in [0.15, 0.2) is 12.2 Å². The van der Waals surface area contributed by atoms with Gasteiger partial charge in [0.25, 0.3) is 5.97 Å². The molecule has 0 bridgehead atoms. The molecule has 13 heavy (non-hydrogen) atoms. The Hall–Kier alpha value is -0.258. The predicted molar refractivity (Wildman–Crippen MR) is 56.9 cm³/mol. The fraction of sp³-hybridized carbons (Fsp3) is 0.700. The van der Waals surface area contributed by atoms with Gasteiger partial charge in [-0.3, -0.25) is 4.79 Å². The van der Waals surface area contributed by atoms with Crippen molar-refractivity contribution in [2.45, 2.75) is 44.2 Å². The highest BCUT2D eigenvalue weighted by Crippen LogP contribution is 2.21. The Balaban J connectivity index is 4.27. The van der Waals surface area contributed by atoms with Gasteiger partial charge in [-0.05, 0) is 16.5 Å². The third-order valence-corrected chi connectivity index (χ3v) is 5.02. The van der Waals surface area contributed by atoms with Gasteiger partial charge in [-0.25, -0.2) is 0 Å². The molecule has 0 aromatic carbocycles. The van der Waals surface area contributed by atoms with E-state index < -0.39 is 14.5 Å². The predicted octanol–water partition coefficient (Wildman–Crippen LogP) is 2.92. The first-order chi connectivity index (χ1) is 5.86. The van der Waals surface area contributed by atoms with Crippen molar-refractivity contribution in [1.82, 2.24) is 0 Å². The van der Waals surface area contributed by atoms with Crippen molar-refractivity contribution in [1.29, 1.82) is 0 Å². The van der Waals surface area contributed by atoms with Gasteiger partial charge in [-0.2, -0.15) is 0 Å². The van der Waals surface area contributed by atoms with Gasteiger partial charge >= 0.3 is 14.5 Å². The zero-order valence-corrected chi connectivity index (χ0v) is 10.4. The molecule has 0 rings (SSSR count). The molecule has 0 spiro atoms. The number of carbonyl (C=O) groups is 1. The summed E-state index contributed by atoms with van der Waals surface area (Å²) in [6, 6.07) is 0. The van der Waals surface area contributed by atoms with E-state index >= 15 is 0 Å². The van der Waals surface area contributed by atoms with E-state index in [2.05, 4.69) is 34.3 Å². The summed E-state index contributed by atoms with van der Waals surface area (Å²) in [6.45, 7) is 13.7. The number of hydrogen-bond acceptors (Lipinski definition) is 2. The van der Waals surface area contributed by atoms with Gasteiger partial charge in [0.05, 0.1) is 0 Å². The topological polar surface area (TPSA) is 26.3 Å². The Bertz CT molecular complexity index is 189. The van der Waals surface area contributed by atoms with Crippen molar-refractivity contribution < 1.29 is 8.58 Å². The maximum Gasteiger partial charge on any atom is 0.554 e. The Kier molecular flexibility index (Phi) is 5.36. The van der Waals surface area contributed by atoms with E-state index in [4.69, 9.17) is 3.79 Å². The minimum Gasteiger partial charge on any atom is -0.612 e. The Morgan fingerprint density at radius 2 is 1.62 bits per heavy atom. The van der Waals surface area contributed by atoms with Crippen LogP contribution in [-0.2, 0) is 8.58 Å². The van der Waals surface area contributed by atoms with E-state index in [1.165, 1.54) is 0 Å². The molecule has 0 amide bonds. The van der Waals surface area contributed by atoms with E-state index in [1.807, 2.05) is 0 Å². The lowest BCUT2D eigenvalue weighted by Crippen LogP contribution is -2.28. The minimum atomic E-state index is -1.40. The summed E-state index contributed by atoms with van der Waals surface area (Å²) in [4.78, 5) is 11.3. The molecule has 0 atom stereocenters. The molecule has 3 heteroatoms. The summed E-state index contributed by atoms with van der Waals surface area (Å²) in [6.07, 6.45) is 0. The van der Waals surface area contributed by atoms with E-state index in [9.17, 15) is 4.79 Å². The van der Waals surface area contributed by atoms with Crippen LogP contribution in [0.1, 0.15) is 34.6 Å². The molecule has 0 N–H and O–H groups in total. The fourth-order valence-electron chi connectivity index (χ4n) is 1.27. The van der Waals surface area contributed by atoms with Crippen molar-refractivity contribution >= 4 is 20.5 Å². The van der Waals surface area contributed by atoms with Crippen LogP contribution < -0.4 is 0 Å². The molecule has 0 fully saturated rings. The second-order valence-electron chi connectivity index (χ2n) is 4.14. The molecule has 0 aromatic heterocycles. The summed E-state index contributed by atoms with van der Waals surface area (Å²) < 4.78 is 6.41.